The Bertz CT molecular complexity index is 1180. The average molecular weight is 472 g/mol. The SMILES string of the molecule is N#C/C(=C\c1ccc(-c2ccc(Cl)c(C(=O)O)c2)o1)C(=O)Nc1cccc(Br)c1. The number of aromatic carboxylic acids is 1. The maximum absolute atomic E-state index is 12.4. The first kappa shape index (κ1) is 20.4. The van der Waals surface area contributed by atoms with Crippen LogP contribution in [0.25, 0.3) is 17.4 Å². The van der Waals surface area contributed by atoms with E-state index in [-0.39, 0.29) is 21.9 Å². The molecule has 2 N–H and O–H groups in total. The maximum atomic E-state index is 12.4. The van der Waals surface area contributed by atoms with Gasteiger partial charge in [0.15, 0.2) is 0 Å². The molecule has 0 fully saturated rings. The smallest absolute Gasteiger partial charge is 0.337 e. The van der Waals surface area contributed by atoms with Crippen LogP contribution in [0.5, 0.6) is 0 Å². The van der Waals surface area contributed by atoms with E-state index >= 15 is 0 Å². The van der Waals surface area contributed by atoms with Crippen molar-refractivity contribution in [3.8, 4) is 17.4 Å². The van der Waals surface area contributed by atoms with Crippen LogP contribution >= 0.6 is 27.5 Å². The predicted molar refractivity (Wildman–Crippen MR) is 112 cm³/mol. The summed E-state index contributed by atoms with van der Waals surface area (Å²) in [6.45, 7) is 0. The monoisotopic (exact) mass is 470 g/mol. The standard InChI is InChI=1S/C21H12BrClN2O4/c22-14-2-1-3-15(10-14)25-20(26)13(11-24)8-16-5-7-19(29-16)12-4-6-18(23)17(9-12)21(27)28/h1-10H,(H,25,26)(H,27,28)/b13-8+. The number of nitriles is 1. The zero-order chi connectivity index (χ0) is 21.0. The van der Waals surface area contributed by atoms with E-state index in [1.807, 2.05) is 12.1 Å². The lowest BCUT2D eigenvalue weighted by molar-refractivity contribution is -0.112. The first-order valence-corrected chi connectivity index (χ1v) is 9.36. The third-order valence-electron chi connectivity index (χ3n) is 3.84. The van der Waals surface area contributed by atoms with Crippen molar-refractivity contribution in [2.24, 2.45) is 0 Å². The minimum atomic E-state index is -1.15. The quantitative estimate of drug-likeness (QED) is 0.372. The minimum absolute atomic E-state index is 0.0521. The molecule has 1 amide bonds. The number of anilines is 1. The lowest BCUT2D eigenvalue weighted by Crippen LogP contribution is -2.13. The van der Waals surface area contributed by atoms with Gasteiger partial charge < -0.3 is 14.8 Å². The first-order valence-electron chi connectivity index (χ1n) is 8.19. The van der Waals surface area contributed by atoms with Crippen LogP contribution < -0.4 is 5.32 Å². The highest BCUT2D eigenvalue weighted by molar-refractivity contribution is 9.10. The number of carbonyl (C=O) groups is 2. The number of amides is 1. The van der Waals surface area contributed by atoms with E-state index in [1.54, 1.807) is 36.4 Å². The van der Waals surface area contributed by atoms with Gasteiger partial charge in [-0.05, 0) is 48.5 Å². The Morgan fingerprint density at radius 3 is 2.66 bits per heavy atom. The fraction of sp³-hybridized carbons (Fsp3) is 0. The van der Waals surface area contributed by atoms with Gasteiger partial charge in [-0.2, -0.15) is 5.26 Å². The van der Waals surface area contributed by atoms with Crippen LogP contribution in [0.4, 0.5) is 5.69 Å². The second-order valence-electron chi connectivity index (χ2n) is 5.84. The molecule has 2 aromatic carbocycles. The number of carboxylic acid groups (broad SMARTS) is 1. The summed E-state index contributed by atoms with van der Waals surface area (Å²) in [6, 6.07) is 16.5. The summed E-state index contributed by atoms with van der Waals surface area (Å²) in [5, 5.41) is 21.3. The maximum Gasteiger partial charge on any atom is 0.337 e. The van der Waals surface area contributed by atoms with Crippen molar-refractivity contribution in [3.63, 3.8) is 0 Å². The number of nitrogens with zero attached hydrogens (tertiary/aromatic N) is 1. The Morgan fingerprint density at radius 2 is 1.97 bits per heavy atom. The predicted octanol–water partition coefficient (Wildman–Crippen LogP) is 5.61. The summed E-state index contributed by atoms with van der Waals surface area (Å²) in [4.78, 5) is 23.6. The molecule has 0 saturated carbocycles. The van der Waals surface area contributed by atoms with Gasteiger partial charge >= 0.3 is 5.97 Å². The molecule has 6 nitrogen and oxygen atoms in total. The molecule has 8 heteroatoms. The molecule has 0 aliphatic carbocycles. The van der Waals surface area contributed by atoms with E-state index in [1.165, 1.54) is 18.2 Å². The normalized spacial score (nSPS) is 11.0. The van der Waals surface area contributed by atoms with Crippen molar-refractivity contribution < 1.29 is 19.1 Å². The van der Waals surface area contributed by atoms with Crippen molar-refractivity contribution >= 4 is 51.2 Å². The van der Waals surface area contributed by atoms with E-state index in [0.29, 0.717) is 17.0 Å². The van der Waals surface area contributed by atoms with Gasteiger partial charge in [0.05, 0.1) is 10.6 Å². The zero-order valence-corrected chi connectivity index (χ0v) is 17.0. The summed E-state index contributed by atoms with van der Waals surface area (Å²) in [7, 11) is 0. The van der Waals surface area contributed by atoms with Crippen molar-refractivity contribution in [2.75, 3.05) is 5.32 Å². The van der Waals surface area contributed by atoms with E-state index in [9.17, 15) is 20.0 Å². The number of carbonyl (C=O) groups excluding carboxylic acids is 1. The van der Waals surface area contributed by atoms with Gasteiger partial charge in [0.25, 0.3) is 5.91 Å². The van der Waals surface area contributed by atoms with E-state index in [0.717, 1.165) is 4.47 Å². The fourth-order valence-electron chi connectivity index (χ4n) is 2.48. The Kier molecular flexibility index (Phi) is 6.17. The molecule has 0 spiro atoms. The number of hydrogen-bond acceptors (Lipinski definition) is 4. The first-order chi connectivity index (χ1) is 13.9. The molecule has 29 heavy (non-hydrogen) atoms. The lowest BCUT2D eigenvalue weighted by atomic mass is 10.1. The number of nitrogens with one attached hydrogen (secondary N) is 1. The van der Waals surface area contributed by atoms with Crippen LogP contribution in [-0.4, -0.2) is 17.0 Å². The molecule has 3 aromatic rings. The van der Waals surface area contributed by atoms with Crippen molar-refractivity contribution in [1.29, 1.82) is 5.26 Å². The second kappa shape index (κ2) is 8.78. The number of carboxylic acids is 1. The molecule has 0 unspecified atom stereocenters. The highest BCUT2D eigenvalue weighted by Crippen LogP contribution is 2.28. The molecule has 0 aliphatic rings. The lowest BCUT2D eigenvalue weighted by Gasteiger charge is -2.04. The Labute approximate surface area is 179 Å². The molecule has 0 aliphatic heterocycles. The topological polar surface area (TPSA) is 103 Å². The Hall–Kier alpha value is -3.34. The van der Waals surface area contributed by atoms with E-state index in [2.05, 4.69) is 21.2 Å². The molecular formula is C21H12BrClN2O4. The molecule has 0 bridgehead atoms. The van der Waals surface area contributed by atoms with Crippen molar-refractivity contribution in [3.05, 3.63) is 81.0 Å². The molecule has 1 heterocycles. The summed E-state index contributed by atoms with van der Waals surface area (Å²) in [6.07, 6.45) is 1.31. The minimum Gasteiger partial charge on any atom is -0.478 e. The van der Waals surface area contributed by atoms with Gasteiger partial charge in [-0.3, -0.25) is 4.79 Å². The highest BCUT2D eigenvalue weighted by Gasteiger charge is 2.14. The van der Waals surface area contributed by atoms with Crippen LogP contribution in [0.2, 0.25) is 5.02 Å². The number of rotatable bonds is 5. The summed E-state index contributed by atoms with van der Waals surface area (Å²) in [5.41, 5.74) is 0.841. The highest BCUT2D eigenvalue weighted by atomic mass is 79.9. The number of halogens is 2. The Balaban J connectivity index is 1.84. The summed E-state index contributed by atoms with van der Waals surface area (Å²) < 4.78 is 6.43. The van der Waals surface area contributed by atoms with Crippen LogP contribution in [0.1, 0.15) is 16.1 Å². The molecular weight excluding hydrogens is 460 g/mol. The average Bonchev–Trinajstić information content (AvgIpc) is 3.14. The van der Waals surface area contributed by atoms with Gasteiger partial charge in [0.2, 0.25) is 0 Å². The third-order valence-corrected chi connectivity index (χ3v) is 4.67. The van der Waals surface area contributed by atoms with Gasteiger partial charge in [0, 0.05) is 21.8 Å². The Morgan fingerprint density at radius 1 is 1.17 bits per heavy atom. The number of hydrogen-bond donors (Lipinski definition) is 2. The van der Waals surface area contributed by atoms with E-state index in [4.69, 9.17) is 16.0 Å². The number of benzene rings is 2. The summed E-state index contributed by atoms with van der Waals surface area (Å²) >= 11 is 9.19. The molecule has 0 radical (unpaired) electrons. The van der Waals surface area contributed by atoms with Crippen molar-refractivity contribution in [1.82, 2.24) is 0 Å². The molecule has 144 valence electrons. The van der Waals surface area contributed by atoms with Crippen LogP contribution in [0.3, 0.4) is 0 Å². The third kappa shape index (κ3) is 4.93. The zero-order valence-electron chi connectivity index (χ0n) is 14.6. The molecule has 0 saturated heterocycles. The van der Waals surface area contributed by atoms with Crippen LogP contribution in [0.15, 0.2) is 69.1 Å². The largest absolute Gasteiger partial charge is 0.478 e. The van der Waals surface area contributed by atoms with Gasteiger partial charge in [-0.25, -0.2) is 4.79 Å². The van der Waals surface area contributed by atoms with Gasteiger partial charge in [-0.1, -0.05) is 33.6 Å². The molecule has 0 atom stereocenters. The second-order valence-corrected chi connectivity index (χ2v) is 7.16. The van der Waals surface area contributed by atoms with Crippen LogP contribution in [-0.2, 0) is 4.79 Å². The van der Waals surface area contributed by atoms with Gasteiger partial charge in [0.1, 0.15) is 23.2 Å². The van der Waals surface area contributed by atoms with Crippen molar-refractivity contribution in [2.45, 2.75) is 0 Å². The van der Waals surface area contributed by atoms with Gasteiger partial charge in [-0.15, -0.1) is 0 Å². The number of furan rings is 1. The van der Waals surface area contributed by atoms with E-state index < -0.39 is 11.9 Å². The molecule has 1 aromatic heterocycles. The molecule has 3 rings (SSSR count). The fourth-order valence-corrected chi connectivity index (χ4v) is 3.08. The summed E-state index contributed by atoms with van der Waals surface area (Å²) in [5.74, 6) is -1.09. The van der Waals surface area contributed by atoms with Crippen LogP contribution in [0, 0.1) is 11.3 Å².